The van der Waals surface area contributed by atoms with E-state index in [-0.39, 0.29) is 5.91 Å². The van der Waals surface area contributed by atoms with Crippen LogP contribution in [-0.4, -0.2) is 29.9 Å². The van der Waals surface area contributed by atoms with Gasteiger partial charge in [-0.2, -0.15) is 0 Å². The van der Waals surface area contributed by atoms with Gasteiger partial charge in [-0.25, -0.2) is 0 Å². The van der Waals surface area contributed by atoms with Crippen molar-refractivity contribution in [2.75, 3.05) is 16.8 Å². The SMILES string of the molecule is CC(C)(C(=O)OCC(=O)N1c2ccccc2NC(=O)C1(C)C)c1ccccc1. The van der Waals surface area contributed by atoms with Crippen molar-refractivity contribution >= 4 is 29.2 Å². The van der Waals surface area contributed by atoms with Gasteiger partial charge in [0.15, 0.2) is 6.61 Å². The zero-order valence-electron chi connectivity index (χ0n) is 16.5. The van der Waals surface area contributed by atoms with Crippen LogP contribution in [-0.2, 0) is 24.5 Å². The highest BCUT2D eigenvalue weighted by Gasteiger charge is 2.44. The van der Waals surface area contributed by atoms with Crippen molar-refractivity contribution in [1.82, 2.24) is 0 Å². The number of para-hydroxylation sites is 2. The van der Waals surface area contributed by atoms with E-state index in [1.165, 1.54) is 4.90 Å². The molecule has 2 aromatic rings. The molecule has 6 heteroatoms. The molecule has 6 nitrogen and oxygen atoms in total. The lowest BCUT2D eigenvalue weighted by atomic mass is 9.85. The summed E-state index contributed by atoms with van der Waals surface area (Å²) in [6, 6.07) is 16.3. The average Bonchev–Trinajstić information content (AvgIpc) is 2.67. The number of carbonyl (C=O) groups is 3. The van der Waals surface area contributed by atoms with Gasteiger partial charge in [-0.1, -0.05) is 42.5 Å². The Balaban J connectivity index is 1.79. The Bertz CT molecular complexity index is 919. The van der Waals surface area contributed by atoms with Crippen molar-refractivity contribution in [2.24, 2.45) is 0 Å². The Morgan fingerprint density at radius 1 is 1.04 bits per heavy atom. The quantitative estimate of drug-likeness (QED) is 0.826. The van der Waals surface area contributed by atoms with Crippen LogP contribution in [0, 0.1) is 0 Å². The molecule has 0 aliphatic carbocycles. The topological polar surface area (TPSA) is 75.7 Å². The van der Waals surface area contributed by atoms with Crippen molar-refractivity contribution in [3.8, 4) is 0 Å². The number of hydrogen-bond donors (Lipinski definition) is 1. The van der Waals surface area contributed by atoms with Crippen LogP contribution >= 0.6 is 0 Å². The molecule has 0 unspecified atom stereocenters. The van der Waals surface area contributed by atoms with Gasteiger partial charge in [-0.3, -0.25) is 19.3 Å². The van der Waals surface area contributed by atoms with Crippen LogP contribution in [0.2, 0.25) is 0 Å². The number of nitrogens with one attached hydrogen (secondary N) is 1. The minimum absolute atomic E-state index is 0.296. The molecule has 2 amide bonds. The lowest BCUT2D eigenvalue weighted by Crippen LogP contribution is -2.59. The number of carbonyl (C=O) groups excluding carboxylic acids is 3. The van der Waals surface area contributed by atoms with Gasteiger partial charge in [0.05, 0.1) is 16.8 Å². The molecule has 146 valence electrons. The number of esters is 1. The first-order valence-electron chi connectivity index (χ1n) is 9.12. The molecule has 0 spiro atoms. The fourth-order valence-corrected chi connectivity index (χ4v) is 3.24. The van der Waals surface area contributed by atoms with Crippen LogP contribution in [0.5, 0.6) is 0 Å². The molecular weight excluding hydrogens is 356 g/mol. The molecule has 0 saturated heterocycles. The highest BCUT2D eigenvalue weighted by molar-refractivity contribution is 6.14. The molecule has 0 fully saturated rings. The van der Waals surface area contributed by atoms with Gasteiger partial charge in [0.1, 0.15) is 5.54 Å². The fraction of sp³-hybridized carbons (Fsp3) is 0.318. The minimum Gasteiger partial charge on any atom is -0.455 e. The summed E-state index contributed by atoms with van der Waals surface area (Å²) in [6.07, 6.45) is 0. The lowest BCUT2D eigenvalue weighted by molar-refractivity contribution is -0.153. The molecule has 1 heterocycles. The van der Waals surface area contributed by atoms with E-state index in [1.807, 2.05) is 30.3 Å². The van der Waals surface area contributed by atoms with Crippen LogP contribution in [0.25, 0.3) is 0 Å². The van der Waals surface area contributed by atoms with Crippen molar-refractivity contribution in [3.63, 3.8) is 0 Å². The van der Waals surface area contributed by atoms with Crippen molar-refractivity contribution in [1.29, 1.82) is 0 Å². The number of rotatable bonds is 4. The van der Waals surface area contributed by atoms with Crippen LogP contribution in [0.1, 0.15) is 33.3 Å². The molecule has 3 rings (SSSR count). The second-order valence-corrected chi connectivity index (χ2v) is 7.83. The molecule has 2 aromatic carbocycles. The maximum atomic E-state index is 13.0. The van der Waals surface area contributed by atoms with Crippen LogP contribution in [0.15, 0.2) is 54.6 Å². The summed E-state index contributed by atoms with van der Waals surface area (Å²) in [5.41, 5.74) is -0.0665. The van der Waals surface area contributed by atoms with E-state index in [4.69, 9.17) is 4.74 Å². The van der Waals surface area contributed by atoms with Gasteiger partial charge in [0, 0.05) is 0 Å². The first-order chi connectivity index (χ1) is 13.2. The number of benzene rings is 2. The summed E-state index contributed by atoms with van der Waals surface area (Å²) in [6.45, 7) is 6.38. The Hall–Kier alpha value is -3.15. The smallest absolute Gasteiger partial charge is 0.316 e. The van der Waals surface area contributed by atoms with Crippen molar-refractivity contribution in [3.05, 3.63) is 60.2 Å². The summed E-state index contributed by atoms with van der Waals surface area (Å²) in [7, 11) is 0. The summed E-state index contributed by atoms with van der Waals surface area (Å²) in [5, 5.41) is 2.81. The van der Waals surface area contributed by atoms with Crippen molar-refractivity contribution < 1.29 is 19.1 Å². The first-order valence-corrected chi connectivity index (χ1v) is 9.12. The third kappa shape index (κ3) is 3.38. The molecule has 1 aliphatic rings. The fourth-order valence-electron chi connectivity index (χ4n) is 3.24. The van der Waals surface area contributed by atoms with Gasteiger partial charge >= 0.3 is 5.97 Å². The standard InChI is InChI=1S/C22H24N2O4/c1-21(2,15-10-6-5-7-11-15)20(27)28-14-18(25)24-17-13-9-8-12-16(17)23-19(26)22(24,3)4/h5-13H,14H2,1-4H3,(H,23,26). The summed E-state index contributed by atoms with van der Waals surface area (Å²) < 4.78 is 5.36. The summed E-state index contributed by atoms with van der Waals surface area (Å²) in [4.78, 5) is 39.5. The highest BCUT2D eigenvalue weighted by atomic mass is 16.5. The molecule has 0 aromatic heterocycles. The predicted octanol–water partition coefficient (Wildman–Crippen LogP) is 3.27. The molecule has 0 bridgehead atoms. The third-order valence-corrected chi connectivity index (χ3v) is 5.09. The Kier molecular flexibility index (Phi) is 4.98. The van der Waals surface area contributed by atoms with Gasteiger partial charge < -0.3 is 10.1 Å². The van der Waals surface area contributed by atoms with E-state index in [0.29, 0.717) is 11.4 Å². The maximum Gasteiger partial charge on any atom is 0.316 e. The van der Waals surface area contributed by atoms with E-state index in [2.05, 4.69) is 5.32 Å². The normalized spacial score (nSPS) is 15.4. The summed E-state index contributed by atoms with van der Waals surface area (Å²) >= 11 is 0. The molecule has 1 N–H and O–H groups in total. The van der Waals surface area contributed by atoms with Crippen molar-refractivity contribution in [2.45, 2.75) is 38.6 Å². The van der Waals surface area contributed by atoms with E-state index in [0.717, 1.165) is 5.56 Å². The minimum atomic E-state index is -1.10. The predicted molar refractivity (Wildman–Crippen MR) is 107 cm³/mol. The van der Waals surface area contributed by atoms with E-state index in [9.17, 15) is 14.4 Å². The van der Waals surface area contributed by atoms with Gasteiger partial charge in [-0.05, 0) is 45.4 Å². The second-order valence-electron chi connectivity index (χ2n) is 7.83. The summed E-state index contributed by atoms with van der Waals surface area (Å²) in [5.74, 6) is -1.25. The highest BCUT2D eigenvalue weighted by Crippen LogP contribution is 2.36. The zero-order chi connectivity index (χ0) is 20.5. The largest absolute Gasteiger partial charge is 0.455 e. The van der Waals surface area contributed by atoms with E-state index < -0.39 is 29.4 Å². The number of amides is 2. The van der Waals surface area contributed by atoms with Crippen LogP contribution in [0.4, 0.5) is 11.4 Å². The number of fused-ring (bicyclic) bond motifs is 1. The molecular formula is C22H24N2O4. The second kappa shape index (κ2) is 7.11. The third-order valence-electron chi connectivity index (χ3n) is 5.09. The van der Waals surface area contributed by atoms with E-state index in [1.54, 1.807) is 52.0 Å². The first kappa shape index (κ1) is 19.6. The monoisotopic (exact) mass is 380 g/mol. The molecule has 0 saturated carbocycles. The van der Waals surface area contributed by atoms with Gasteiger partial charge in [-0.15, -0.1) is 0 Å². The molecule has 28 heavy (non-hydrogen) atoms. The molecule has 1 aliphatic heterocycles. The maximum absolute atomic E-state index is 13.0. The average molecular weight is 380 g/mol. The lowest BCUT2D eigenvalue weighted by Gasteiger charge is -2.42. The Morgan fingerprint density at radius 3 is 2.32 bits per heavy atom. The van der Waals surface area contributed by atoms with Gasteiger partial charge in [0.25, 0.3) is 5.91 Å². The molecule has 0 atom stereocenters. The van der Waals surface area contributed by atoms with Crippen LogP contribution < -0.4 is 10.2 Å². The van der Waals surface area contributed by atoms with Gasteiger partial charge in [0.2, 0.25) is 5.91 Å². The molecule has 0 radical (unpaired) electrons. The number of nitrogens with zero attached hydrogens (tertiary/aromatic N) is 1. The number of hydrogen-bond acceptors (Lipinski definition) is 4. The number of ether oxygens (including phenoxy) is 1. The zero-order valence-corrected chi connectivity index (χ0v) is 16.5. The van der Waals surface area contributed by atoms with E-state index >= 15 is 0 Å². The van der Waals surface area contributed by atoms with Crippen LogP contribution in [0.3, 0.4) is 0 Å². The Morgan fingerprint density at radius 2 is 1.64 bits per heavy atom. The Labute approximate surface area is 164 Å². The number of anilines is 2.